The van der Waals surface area contributed by atoms with Crippen molar-refractivity contribution in [2.24, 2.45) is 4.99 Å². The zero-order valence-corrected chi connectivity index (χ0v) is 15.4. The zero-order valence-electron chi connectivity index (χ0n) is 15.4. The highest BCUT2D eigenvalue weighted by Crippen LogP contribution is 2.06. The number of hydrogen-bond donors (Lipinski definition) is 2. The van der Waals surface area contributed by atoms with E-state index in [0.29, 0.717) is 5.56 Å². The van der Waals surface area contributed by atoms with Gasteiger partial charge in [-0.15, -0.1) is 0 Å². The molecule has 0 atom stereocenters. The van der Waals surface area contributed by atoms with Crippen molar-refractivity contribution < 1.29 is 9.53 Å². The van der Waals surface area contributed by atoms with Crippen molar-refractivity contribution in [1.29, 1.82) is 0 Å². The molecule has 7 heteroatoms. The average molecular weight is 357 g/mol. The minimum absolute atomic E-state index is 0.314. The summed E-state index contributed by atoms with van der Waals surface area (Å²) in [5, 5.41) is 10.8. The smallest absolute Gasteiger partial charge is 0.337 e. The van der Waals surface area contributed by atoms with Gasteiger partial charge in [-0.05, 0) is 43.5 Å². The fourth-order valence-electron chi connectivity index (χ4n) is 2.45. The summed E-state index contributed by atoms with van der Waals surface area (Å²) in [4.78, 5) is 16.0. The molecule has 7 nitrogen and oxygen atoms in total. The van der Waals surface area contributed by atoms with Crippen LogP contribution < -0.4 is 10.6 Å². The van der Waals surface area contributed by atoms with Gasteiger partial charge in [0.2, 0.25) is 0 Å². The van der Waals surface area contributed by atoms with Crippen molar-refractivity contribution >= 4 is 11.9 Å². The number of aliphatic imine (C=N–C) groups is 1. The number of carbonyl (C=O) groups excluding carboxylic acids is 1. The van der Waals surface area contributed by atoms with Crippen molar-refractivity contribution in [2.75, 3.05) is 26.7 Å². The first-order valence-corrected chi connectivity index (χ1v) is 8.89. The number of methoxy groups -OCH3 is 1. The van der Waals surface area contributed by atoms with Crippen LogP contribution in [-0.2, 0) is 17.7 Å². The van der Waals surface area contributed by atoms with Gasteiger partial charge in [0.15, 0.2) is 5.96 Å². The highest BCUT2D eigenvalue weighted by molar-refractivity contribution is 5.89. The third-order valence-corrected chi connectivity index (χ3v) is 3.80. The minimum atomic E-state index is -0.314. The third-order valence-electron chi connectivity index (χ3n) is 3.80. The van der Waals surface area contributed by atoms with Gasteiger partial charge in [0.25, 0.3) is 0 Å². The fourth-order valence-corrected chi connectivity index (χ4v) is 2.45. The fraction of sp³-hybridized carbons (Fsp3) is 0.421. The van der Waals surface area contributed by atoms with E-state index < -0.39 is 0 Å². The van der Waals surface area contributed by atoms with Gasteiger partial charge in [-0.1, -0.05) is 12.1 Å². The lowest BCUT2D eigenvalue weighted by molar-refractivity contribution is 0.0600. The molecule has 2 N–H and O–H groups in total. The molecule has 0 radical (unpaired) electrons. The molecule has 2 aromatic rings. The van der Waals surface area contributed by atoms with E-state index >= 15 is 0 Å². The molecule has 0 bridgehead atoms. The molecule has 0 aliphatic carbocycles. The molecule has 0 aliphatic heterocycles. The highest BCUT2D eigenvalue weighted by Gasteiger charge is 2.04. The molecule has 0 spiro atoms. The Balaban J connectivity index is 1.74. The van der Waals surface area contributed by atoms with Crippen LogP contribution in [0.15, 0.2) is 47.7 Å². The molecule has 1 aromatic carbocycles. The molecular formula is C19H27N5O2. The van der Waals surface area contributed by atoms with Gasteiger partial charge in [-0.3, -0.25) is 9.67 Å². The largest absolute Gasteiger partial charge is 0.465 e. The number of carbonyl (C=O) groups is 1. The maximum absolute atomic E-state index is 11.4. The molecule has 1 aromatic heterocycles. The number of nitrogens with one attached hydrogen (secondary N) is 2. The second-order valence-electron chi connectivity index (χ2n) is 5.75. The number of aromatic nitrogens is 2. The minimum Gasteiger partial charge on any atom is -0.465 e. The summed E-state index contributed by atoms with van der Waals surface area (Å²) in [5.41, 5.74) is 1.72. The number of benzene rings is 1. The Kier molecular flexibility index (Phi) is 8.18. The lowest BCUT2D eigenvalue weighted by Crippen LogP contribution is -2.38. The first-order chi connectivity index (χ1) is 12.7. The van der Waals surface area contributed by atoms with Crippen LogP contribution in [0.3, 0.4) is 0 Å². The van der Waals surface area contributed by atoms with Crippen molar-refractivity contribution in [3.05, 3.63) is 53.9 Å². The SMILES string of the molecule is CCNC(=NCCCn1cccn1)NCCc1ccc(C(=O)OC)cc1. The molecule has 2 rings (SSSR count). The Hall–Kier alpha value is -2.83. The summed E-state index contributed by atoms with van der Waals surface area (Å²) >= 11 is 0. The van der Waals surface area contributed by atoms with Crippen LogP contribution in [0, 0.1) is 0 Å². The van der Waals surface area contributed by atoms with E-state index in [1.165, 1.54) is 7.11 Å². The topological polar surface area (TPSA) is 80.5 Å². The number of aryl methyl sites for hydroxylation is 1. The molecule has 1 heterocycles. The van der Waals surface area contributed by atoms with E-state index in [2.05, 4.69) is 20.7 Å². The molecule has 0 unspecified atom stereocenters. The Bertz CT molecular complexity index is 680. The van der Waals surface area contributed by atoms with E-state index in [1.807, 2.05) is 36.0 Å². The normalized spacial score (nSPS) is 11.2. The van der Waals surface area contributed by atoms with Crippen molar-refractivity contribution in [1.82, 2.24) is 20.4 Å². The van der Waals surface area contributed by atoms with Gasteiger partial charge in [0.05, 0.1) is 12.7 Å². The number of hydrogen-bond acceptors (Lipinski definition) is 4. The average Bonchev–Trinajstić information content (AvgIpc) is 3.18. The van der Waals surface area contributed by atoms with Gasteiger partial charge in [0, 0.05) is 38.6 Å². The predicted octanol–water partition coefficient (Wildman–Crippen LogP) is 1.86. The maximum Gasteiger partial charge on any atom is 0.337 e. The first-order valence-electron chi connectivity index (χ1n) is 8.89. The van der Waals surface area contributed by atoms with Gasteiger partial charge >= 0.3 is 5.97 Å². The second-order valence-corrected chi connectivity index (χ2v) is 5.75. The van der Waals surface area contributed by atoms with Gasteiger partial charge in [-0.2, -0.15) is 5.10 Å². The quantitative estimate of drug-likeness (QED) is 0.310. The van der Waals surface area contributed by atoms with Gasteiger partial charge in [-0.25, -0.2) is 4.79 Å². The lowest BCUT2D eigenvalue weighted by Gasteiger charge is -2.11. The third kappa shape index (κ3) is 6.58. The van der Waals surface area contributed by atoms with Crippen LogP contribution in [0.5, 0.6) is 0 Å². The Labute approximate surface area is 154 Å². The number of guanidine groups is 1. The highest BCUT2D eigenvalue weighted by atomic mass is 16.5. The van der Waals surface area contributed by atoms with E-state index in [-0.39, 0.29) is 5.97 Å². The van der Waals surface area contributed by atoms with E-state index in [4.69, 9.17) is 4.74 Å². The van der Waals surface area contributed by atoms with E-state index in [1.54, 1.807) is 18.3 Å². The van der Waals surface area contributed by atoms with Crippen LogP contribution >= 0.6 is 0 Å². The molecule has 0 saturated carbocycles. The second kappa shape index (κ2) is 10.9. The van der Waals surface area contributed by atoms with Gasteiger partial charge < -0.3 is 15.4 Å². The molecule has 0 saturated heterocycles. The number of nitrogens with zero attached hydrogens (tertiary/aromatic N) is 3. The van der Waals surface area contributed by atoms with Crippen LogP contribution in [-0.4, -0.2) is 48.5 Å². The summed E-state index contributed by atoms with van der Waals surface area (Å²) < 4.78 is 6.62. The van der Waals surface area contributed by atoms with Crippen LogP contribution in [0.25, 0.3) is 0 Å². The maximum atomic E-state index is 11.4. The van der Waals surface area contributed by atoms with Crippen molar-refractivity contribution in [2.45, 2.75) is 26.3 Å². The van der Waals surface area contributed by atoms with Gasteiger partial charge in [0.1, 0.15) is 0 Å². The lowest BCUT2D eigenvalue weighted by atomic mass is 10.1. The van der Waals surface area contributed by atoms with Crippen LogP contribution in [0.2, 0.25) is 0 Å². The first kappa shape index (κ1) is 19.5. The summed E-state index contributed by atoms with van der Waals surface area (Å²) in [6.07, 6.45) is 5.53. The zero-order chi connectivity index (χ0) is 18.6. The predicted molar refractivity (Wildman–Crippen MR) is 102 cm³/mol. The molecule has 140 valence electrons. The summed E-state index contributed by atoms with van der Waals surface area (Å²) in [7, 11) is 1.39. The molecule has 26 heavy (non-hydrogen) atoms. The summed E-state index contributed by atoms with van der Waals surface area (Å²) in [6, 6.07) is 9.39. The molecule has 0 fully saturated rings. The standard InChI is InChI=1S/C19H27N5O2/c1-3-20-19(21-11-4-14-24-15-5-12-23-24)22-13-10-16-6-8-17(9-7-16)18(25)26-2/h5-9,12,15H,3-4,10-11,13-14H2,1-2H3,(H2,20,21,22). The molecule has 0 aliphatic rings. The van der Waals surface area contributed by atoms with Crippen LogP contribution in [0.4, 0.5) is 0 Å². The van der Waals surface area contributed by atoms with Crippen molar-refractivity contribution in [3.8, 4) is 0 Å². The molecule has 0 amide bonds. The van der Waals surface area contributed by atoms with Crippen LogP contribution in [0.1, 0.15) is 29.3 Å². The van der Waals surface area contributed by atoms with E-state index in [9.17, 15) is 4.79 Å². The Morgan fingerprint density at radius 2 is 2.08 bits per heavy atom. The summed E-state index contributed by atoms with van der Waals surface area (Å²) in [6.45, 7) is 5.24. The number of rotatable bonds is 9. The summed E-state index contributed by atoms with van der Waals surface area (Å²) in [5.74, 6) is 0.505. The van der Waals surface area contributed by atoms with Crippen molar-refractivity contribution in [3.63, 3.8) is 0 Å². The Morgan fingerprint density at radius 1 is 1.27 bits per heavy atom. The number of ether oxygens (including phenoxy) is 1. The molecular weight excluding hydrogens is 330 g/mol. The number of esters is 1. The van der Waals surface area contributed by atoms with E-state index in [0.717, 1.165) is 50.5 Å². The monoisotopic (exact) mass is 357 g/mol. The Morgan fingerprint density at radius 3 is 2.73 bits per heavy atom.